The van der Waals surface area contributed by atoms with Crippen LogP contribution in [0.15, 0.2) is 29.4 Å². The molecule has 82 valence electrons. The fraction of sp³-hybridized carbons (Fsp3) is 0.200. The van der Waals surface area contributed by atoms with Crippen LogP contribution in [-0.2, 0) is 0 Å². The summed E-state index contributed by atoms with van der Waals surface area (Å²) < 4.78 is 0. The number of hydrogen-bond donors (Lipinski definition) is 0. The molecule has 0 bridgehead atoms. The monoisotopic (exact) mass is 218 g/mol. The lowest BCUT2D eigenvalue weighted by atomic mass is 10.1. The van der Waals surface area contributed by atoms with E-state index in [1.165, 1.54) is 12.1 Å². The van der Waals surface area contributed by atoms with Crippen molar-refractivity contribution < 1.29 is 4.92 Å². The third-order valence-electron chi connectivity index (χ3n) is 2.01. The fourth-order valence-corrected chi connectivity index (χ4v) is 1.22. The first-order chi connectivity index (χ1) is 7.65. The molecule has 0 atom stereocenters. The highest BCUT2D eigenvalue weighted by atomic mass is 16.6. The molecule has 0 radical (unpaired) electrons. The van der Waals surface area contributed by atoms with E-state index in [2.05, 4.69) is 10.0 Å². The van der Waals surface area contributed by atoms with E-state index >= 15 is 0 Å². The minimum atomic E-state index is -0.430. The van der Waals surface area contributed by atoms with Crippen molar-refractivity contribution in [1.29, 1.82) is 0 Å². The zero-order valence-corrected chi connectivity index (χ0v) is 8.70. The van der Waals surface area contributed by atoms with E-state index in [1.54, 1.807) is 25.1 Å². The van der Waals surface area contributed by atoms with E-state index in [0.29, 0.717) is 0 Å². The van der Waals surface area contributed by atoms with Crippen molar-refractivity contribution in [2.45, 2.75) is 6.92 Å². The van der Waals surface area contributed by atoms with Crippen LogP contribution in [0.2, 0.25) is 0 Å². The molecule has 0 unspecified atom stereocenters. The molecule has 0 fully saturated rings. The summed E-state index contributed by atoms with van der Waals surface area (Å²) in [5.74, 6) is 0. The van der Waals surface area contributed by atoms with E-state index in [4.69, 9.17) is 5.53 Å². The summed E-state index contributed by atoms with van der Waals surface area (Å²) >= 11 is 0. The number of nitrogens with zero attached hydrogens (tertiary/aromatic N) is 4. The summed E-state index contributed by atoms with van der Waals surface area (Å²) in [6, 6.07) is 4.62. The minimum absolute atomic E-state index is 0.0738. The van der Waals surface area contributed by atoms with E-state index < -0.39 is 4.92 Å². The maximum Gasteiger partial charge on any atom is 0.269 e. The van der Waals surface area contributed by atoms with Gasteiger partial charge in [-0.3, -0.25) is 10.1 Å². The molecule has 0 aromatic heterocycles. The van der Waals surface area contributed by atoms with Gasteiger partial charge in [0.2, 0.25) is 0 Å². The van der Waals surface area contributed by atoms with E-state index in [-0.39, 0.29) is 12.2 Å². The van der Waals surface area contributed by atoms with Crippen LogP contribution in [0.4, 0.5) is 5.69 Å². The molecule has 0 saturated carbocycles. The average Bonchev–Trinajstić information content (AvgIpc) is 2.26. The van der Waals surface area contributed by atoms with Gasteiger partial charge >= 0.3 is 0 Å². The van der Waals surface area contributed by atoms with Gasteiger partial charge < -0.3 is 0 Å². The zero-order chi connectivity index (χ0) is 12.0. The van der Waals surface area contributed by atoms with Crippen molar-refractivity contribution in [2.24, 2.45) is 5.11 Å². The van der Waals surface area contributed by atoms with Crippen LogP contribution in [0, 0.1) is 17.0 Å². The second-order valence-electron chi connectivity index (χ2n) is 3.11. The number of nitro benzene ring substituents is 1. The smallest absolute Gasteiger partial charge is 0.258 e. The Morgan fingerprint density at radius 2 is 2.38 bits per heavy atom. The van der Waals surface area contributed by atoms with Gasteiger partial charge in [0.05, 0.1) is 4.92 Å². The Bertz CT molecular complexity index is 476. The molecule has 0 saturated heterocycles. The van der Waals surface area contributed by atoms with Crippen LogP contribution in [0.5, 0.6) is 0 Å². The molecule has 6 heteroatoms. The predicted octanol–water partition coefficient (Wildman–Crippen LogP) is 3.23. The van der Waals surface area contributed by atoms with Gasteiger partial charge in [0.25, 0.3) is 5.69 Å². The first kappa shape index (κ1) is 11.7. The van der Waals surface area contributed by atoms with Crippen molar-refractivity contribution in [2.75, 3.05) is 6.54 Å². The molecule has 0 aliphatic rings. The van der Waals surface area contributed by atoms with Crippen molar-refractivity contribution in [1.82, 2.24) is 0 Å². The molecule has 1 rings (SSSR count). The molecule has 0 N–H and O–H groups in total. The zero-order valence-electron chi connectivity index (χ0n) is 8.70. The number of nitro groups is 1. The molecular formula is C10H10N4O2. The number of benzene rings is 1. The Morgan fingerprint density at radius 3 is 2.94 bits per heavy atom. The average molecular weight is 218 g/mol. The van der Waals surface area contributed by atoms with Crippen molar-refractivity contribution in [3.63, 3.8) is 0 Å². The van der Waals surface area contributed by atoms with Crippen LogP contribution in [0.3, 0.4) is 0 Å². The third-order valence-corrected chi connectivity index (χ3v) is 2.01. The number of rotatable bonds is 4. The second-order valence-corrected chi connectivity index (χ2v) is 3.11. The number of non-ortho nitro benzene ring substituents is 1. The van der Waals surface area contributed by atoms with Crippen LogP contribution in [-0.4, -0.2) is 11.5 Å². The van der Waals surface area contributed by atoms with Gasteiger partial charge in [0.1, 0.15) is 0 Å². The molecule has 6 nitrogen and oxygen atoms in total. The Labute approximate surface area is 92.0 Å². The molecule has 0 aliphatic heterocycles. The Kier molecular flexibility index (Phi) is 4.06. The molecule has 0 amide bonds. The maximum absolute atomic E-state index is 10.5. The van der Waals surface area contributed by atoms with Gasteiger partial charge in [-0.05, 0) is 29.6 Å². The molecule has 0 aliphatic carbocycles. The highest BCUT2D eigenvalue weighted by Crippen LogP contribution is 2.17. The Balaban J connectivity index is 2.86. The Morgan fingerprint density at radius 1 is 1.62 bits per heavy atom. The third kappa shape index (κ3) is 3.11. The quantitative estimate of drug-likeness (QED) is 0.255. The van der Waals surface area contributed by atoms with Crippen molar-refractivity contribution in [3.05, 3.63) is 56.0 Å². The number of hydrogen-bond acceptors (Lipinski definition) is 3. The van der Waals surface area contributed by atoms with Gasteiger partial charge in [-0.25, -0.2) is 0 Å². The highest BCUT2D eigenvalue weighted by Gasteiger charge is 2.05. The minimum Gasteiger partial charge on any atom is -0.258 e. The van der Waals surface area contributed by atoms with Crippen LogP contribution in [0.25, 0.3) is 16.5 Å². The fourth-order valence-electron chi connectivity index (χ4n) is 1.22. The SMILES string of the molecule is Cc1cc([N+](=O)[O-])ccc1C=CCN=[N+]=[N-]. The first-order valence-corrected chi connectivity index (χ1v) is 4.57. The van der Waals surface area contributed by atoms with Gasteiger partial charge in [0.15, 0.2) is 0 Å². The van der Waals surface area contributed by atoms with Crippen LogP contribution < -0.4 is 0 Å². The van der Waals surface area contributed by atoms with Crippen LogP contribution >= 0.6 is 0 Å². The van der Waals surface area contributed by atoms with E-state index in [0.717, 1.165) is 11.1 Å². The lowest BCUT2D eigenvalue weighted by Crippen LogP contribution is -1.89. The van der Waals surface area contributed by atoms with Gasteiger partial charge in [-0.2, -0.15) is 0 Å². The molecule has 1 aromatic rings. The number of azide groups is 1. The lowest BCUT2D eigenvalue weighted by Gasteiger charge is -1.99. The summed E-state index contributed by atoms with van der Waals surface area (Å²) in [6.07, 6.45) is 3.47. The molecular weight excluding hydrogens is 208 g/mol. The molecule has 0 spiro atoms. The molecule has 1 aromatic carbocycles. The van der Waals surface area contributed by atoms with E-state index in [9.17, 15) is 10.1 Å². The summed E-state index contributed by atoms with van der Waals surface area (Å²) in [7, 11) is 0. The van der Waals surface area contributed by atoms with Gasteiger partial charge in [-0.15, -0.1) is 0 Å². The summed E-state index contributed by atoms with van der Waals surface area (Å²) in [5.41, 5.74) is 9.82. The highest BCUT2D eigenvalue weighted by molar-refractivity contribution is 5.56. The van der Waals surface area contributed by atoms with Gasteiger partial charge in [0, 0.05) is 23.6 Å². The Hall–Kier alpha value is -2.33. The lowest BCUT2D eigenvalue weighted by molar-refractivity contribution is -0.384. The topological polar surface area (TPSA) is 91.9 Å². The molecule has 16 heavy (non-hydrogen) atoms. The predicted molar refractivity (Wildman–Crippen MR) is 60.9 cm³/mol. The second kappa shape index (κ2) is 5.53. The molecule has 0 heterocycles. The standard InChI is InChI=1S/C10H10N4O2/c1-8-7-10(14(15)16)5-4-9(8)3-2-6-12-13-11/h2-5,7H,6H2,1H3. The van der Waals surface area contributed by atoms with Crippen molar-refractivity contribution in [3.8, 4) is 0 Å². The maximum atomic E-state index is 10.5. The summed E-state index contributed by atoms with van der Waals surface area (Å²) in [4.78, 5) is 12.7. The number of aryl methyl sites for hydroxylation is 1. The first-order valence-electron chi connectivity index (χ1n) is 4.57. The normalized spacial score (nSPS) is 10.1. The van der Waals surface area contributed by atoms with Gasteiger partial charge in [-0.1, -0.05) is 17.3 Å². The summed E-state index contributed by atoms with van der Waals surface area (Å²) in [6.45, 7) is 2.06. The van der Waals surface area contributed by atoms with Crippen LogP contribution in [0.1, 0.15) is 11.1 Å². The largest absolute Gasteiger partial charge is 0.269 e. The van der Waals surface area contributed by atoms with Crippen molar-refractivity contribution >= 4 is 11.8 Å². The summed E-state index contributed by atoms with van der Waals surface area (Å²) in [5, 5.41) is 13.8. The van der Waals surface area contributed by atoms with E-state index in [1.807, 2.05) is 0 Å².